The van der Waals surface area contributed by atoms with Crippen molar-refractivity contribution in [2.45, 2.75) is 71.9 Å². The molecule has 0 unspecified atom stereocenters. The minimum absolute atomic E-state index is 0.0367. The number of hydrogen-bond donors (Lipinski definition) is 7. The van der Waals surface area contributed by atoms with Crippen LogP contribution in [-0.2, 0) is 14.4 Å². The van der Waals surface area contributed by atoms with Gasteiger partial charge in [-0.15, -0.1) is 0 Å². The summed E-state index contributed by atoms with van der Waals surface area (Å²) < 4.78 is 0. The first-order valence-electron chi connectivity index (χ1n) is 16.7. The molecule has 1 saturated heterocycles. The van der Waals surface area contributed by atoms with Crippen LogP contribution in [0.3, 0.4) is 0 Å². The van der Waals surface area contributed by atoms with Gasteiger partial charge in [-0.25, -0.2) is 9.97 Å². The highest BCUT2D eigenvalue weighted by molar-refractivity contribution is 5.97. The first kappa shape index (κ1) is 36.7. The number of carbonyl (C=O) groups is 3. The van der Waals surface area contributed by atoms with Crippen LogP contribution in [0.4, 0.5) is 0 Å². The molecule has 266 valence electrons. The van der Waals surface area contributed by atoms with E-state index in [2.05, 4.69) is 34.5 Å². The van der Waals surface area contributed by atoms with E-state index in [9.17, 15) is 24.6 Å². The van der Waals surface area contributed by atoms with Crippen molar-refractivity contribution in [2.24, 2.45) is 0 Å². The number of aromatic nitrogens is 4. The van der Waals surface area contributed by atoms with Gasteiger partial charge in [0.25, 0.3) is 0 Å². The topological polar surface area (TPSA) is 202 Å². The quantitative estimate of drug-likeness (QED) is 0.128. The van der Waals surface area contributed by atoms with E-state index in [-0.39, 0.29) is 12.8 Å². The first-order chi connectivity index (χ1) is 24.2. The van der Waals surface area contributed by atoms with Gasteiger partial charge in [-0.05, 0) is 98.2 Å². The smallest absolute Gasteiger partial charge is 0.320 e. The van der Waals surface area contributed by atoms with Crippen LogP contribution in [0.1, 0.15) is 91.0 Å². The van der Waals surface area contributed by atoms with Crippen LogP contribution in [0.15, 0.2) is 37.4 Å². The number of rotatable bonds is 9. The molecular weight excluding hydrogens is 650 g/mol. The summed E-state index contributed by atoms with van der Waals surface area (Å²) in [5, 5.41) is 38.7. The highest BCUT2D eigenvalue weighted by atomic mass is 16.4. The van der Waals surface area contributed by atoms with E-state index in [0.29, 0.717) is 37.2 Å². The van der Waals surface area contributed by atoms with Gasteiger partial charge in [-0.3, -0.25) is 14.4 Å². The van der Waals surface area contributed by atoms with Gasteiger partial charge in [0, 0.05) is 59.0 Å². The summed E-state index contributed by atoms with van der Waals surface area (Å²) in [4.78, 5) is 50.2. The summed E-state index contributed by atoms with van der Waals surface area (Å²) in [5.74, 6) is -2.66. The number of nitrogens with one attached hydrogen (secondary N) is 3. The van der Waals surface area contributed by atoms with E-state index in [1.807, 2.05) is 58.0 Å². The SMILES string of the molecule is C=Cc1c(C)c2cc3[nH]c(cc4nc(cc5nc(cc1[nH]2)C(C)=C5CCC(=O)O)C(CCC(=O)O)=C4C)c(C)c3C=C.O=C(O)[C@@H]1C[C@@H](O)CN1. The highest BCUT2D eigenvalue weighted by Gasteiger charge is 2.27. The highest BCUT2D eigenvalue weighted by Crippen LogP contribution is 2.38. The number of aryl methyl sites for hydroxylation is 2. The van der Waals surface area contributed by atoms with Gasteiger partial charge >= 0.3 is 17.9 Å². The summed E-state index contributed by atoms with van der Waals surface area (Å²) in [5.41, 5.74) is 13.7. The fraction of sp³-hybridized carbons (Fsp3) is 0.308. The van der Waals surface area contributed by atoms with Gasteiger partial charge < -0.3 is 35.7 Å². The lowest BCUT2D eigenvalue weighted by Gasteiger charge is -2.05. The van der Waals surface area contributed by atoms with E-state index >= 15 is 0 Å². The third kappa shape index (κ3) is 7.77. The molecule has 8 bridgehead atoms. The molecule has 3 aromatic rings. The average molecular weight is 694 g/mol. The van der Waals surface area contributed by atoms with Gasteiger partial charge in [0.1, 0.15) is 6.04 Å². The minimum atomic E-state index is -0.889. The first-order valence-corrected chi connectivity index (χ1v) is 16.7. The number of aromatic amines is 2. The van der Waals surface area contributed by atoms with Crippen LogP contribution in [0.5, 0.6) is 0 Å². The fourth-order valence-corrected chi connectivity index (χ4v) is 6.67. The molecular formula is C39H43N5O7. The molecule has 12 nitrogen and oxygen atoms in total. The minimum Gasteiger partial charge on any atom is -0.481 e. The van der Waals surface area contributed by atoms with Crippen molar-refractivity contribution in [1.29, 1.82) is 0 Å². The van der Waals surface area contributed by atoms with Crippen LogP contribution in [0, 0.1) is 13.8 Å². The lowest BCUT2D eigenvalue weighted by molar-refractivity contribution is -0.139. The molecule has 0 radical (unpaired) electrons. The van der Waals surface area contributed by atoms with E-state index in [4.69, 9.17) is 20.2 Å². The Labute approximate surface area is 295 Å². The second-order valence-electron chi connectivity index (χ2n) is 12.9. The van der Waals surface area contributed by atoms with Crippen LogP contribution in [0.25, 0.3) is 56.5 Å². The maximum absolute atomic E-state index is 11.5. The number of aliphatic hydroxyl groups is 1. The molecule has 6 rings (SSSR count). The van der Waals surface area contributed by atoms with Gasteiger partial charge in [-0.2, -0.15) is 0 Å². The number of fused-ring (bicyclic) bond motifs is 8. The van der Waals surface area contributed by atoms with Gasteiger partial charge in [0.15, 0.2) is 0 Å². The predicted octanol–water partition coefficient (Wildman–Crippen LogP) is 6.60. The average Bonchev–Trinajstić information content (AvgIpc) is 3.85. The zero-order chi connectivity index (χ0) is 37.1. The molecule has 0 amide bonds. The van der Waals surface area contributed by atoms with Crippen molar-refractivity contribution in [3.05, 3.63) is 82.5 Å². The molecule has 7 N–H and O–H groups in total. The molecule has 3 aliphatic rings. The standard InChI is InChI=1S/C34H34N4O4.C5H9NO3/c1-7-21-17(3)25-13-26-19(5)23(9-11-33(39)40)31(37-26)16-32-24(10-12-34(41)42)20(6)28(38-32)15-30-22(8-2)18(4)27(36-30)14-29(21)35-25;7-3-1-4(5(8)9)6-2-3/h7-8,13-16,35-36H,1-2,9-12H2,3-6H3,(H,39,40)(H,41,42);3-4,6-7H,1-2H2,(H,8,9)/t;3-,4+/m.1/s1. The van der Waals surface area contributed by atoms with Crippen LogP contribution >= 0.6 is 0 Å². The molecule has 12 heteroatoms. The van der Waals surface area contributed by atoms with Crippen molar-refractivity contribution in [3.63, 3.8) is 0 Å². The number of carboxylic acids is 3. The lowest BCUT2D eigenvalue weighted by atomic mass is 9.98. The van der Waals surface area contributed by atoms with Crippen LogP contribution in [-0.4, -0.2) is 77.0 Å². The summed E-state index contributed by atoms with van der Waals surface area (Å²) in [6, 6.07) is 7.34. The maximum atomic E-state index is 11.5. The third-order valence-electron chi connectivity index (χ3n) is 9.62. The summed E-state index contributed by atoms with van der Waals surface area (Å²) in [7, 11) is 0. The second kappa shape index (κ2) is 15.1. The number of nitrogens with zero attached hydrogens (tertiary/aromatic N) is 2. The Hall–Kier alpha value is -5.59. The zero-order valence-electron chi connectivity index (χ0n) is 29.2. The summed E-state index contributed by atoms with van der Waals surface area (Å²) in [6.45, 7) is 16.5. The van der Waals surface area contributed by atoms with Crippen molar-refractivity contribution in [3.8, 4) is 0 Å². The van der Waals surface area contributed by atoms with Crippen molar-refractivity contribution in [1.82, 2.24) is 25.3 Å². The normalized spacial score (nSPS) is 16.9. The van der Waals surface area contributed by atoms with E-state index in [0.717, 1.165) is 78.0 Å². The molecule has 3 aromatic heterocycles. The molecule has 51 heavy (non-hydrogen) atoms. The Morgan fingerprint density at radius 1 is 0.725 bits per heavy atom. The molecule has 0 aromatic carbocycles. The molecule has 2 atom stereocenters. The monoisotopic (exact) mass is 693 g/mol. The van der Waals surface area contributed by atoms with Gasteiger partial charge in [-0.1, -0.05) is 25.3 Å². The number of H-pyrrole nitrogens is 2. The second-order valence-corrected chi connectivity index (χ2v) is 12.9. The number of carboxylic acid groups (broad SMARTS) is 3. The lowest BCUT2D eigenvalue weighted by Crippen LogP contribution is -2.29. The molecule has 1 fully saturated rings. The molecule has 0 spiro atoms. The molecule has 0 aliphatic carbocycles. The maximum Gasteiger partial charge on any atom is 0.320 e. The van der Waals surface area contributed by atoms with E-state index in [1.165, 1.54) is 0 Å². The van der Waals surface area contributed by atoms with Crippen molar-refractivity contribution in [2.75, 3.05) is 6.54 Å². The third-order valence-corrected chi connectivity index (χ3v) is 9.62. The Balaban J connectivity index is 0.000000488. The Morgan fingerprint density at radius 2 is 1.18 bits per heavy atom. The van der Waals surface area contributed by atoms with Crippen molar-refractivity contribution >= 4 is 74.4 Å². The molecule has 3 aliphatic heterocycles. The number of hydrogen-bond acceptors (Lipinski definition) is 7. The van der Waals surface area contributed by atoms with Crippen molar-refractivity contribution < 1.29 is 34.8 Å². The number of allylic oxidation sites excluding steroid dienone is 4. The number of aliphatic carboxylic acids is 3. The Bertz CT molecular complexity index is 2190. The summed E-state index contributed by atoms with van der Waals surface area (Å²) >= 11 is 0. The number of aliphatic hydroxyl groups excluding tert-OH is 1. The molecule has 6 heterocycles. The van der Waals surface area contributed by atoms with Crippen LogP contribution < -0.4 is 5.32 Å². The van der Waals surface area contributed by atoms with Crippen LogP contribution in [0.2, 0.25) is 0 Å². The molecule has 0 saturated carbocycles. The van der Waals surface area contributed by atoms with E-state index < -0.39 is 30.1 Å². The fourth-order valence-electron chi connectivity index (χ4n) is 6.67. The largest absolute Gasteiger partial charge is 0.481 e. The van der Waals surface area contributed by atoms with Gasteiger partial charge in [0.2, 0.25) is 0 Å². The van der Waals surface area contributed by atoms with E-state index in [1.54, 1.807) is 0 Å². The summed E-state index contributed by atoms with van der Waals surface area (Å²) in [6.07, 6.45) is 4.05. The Morgan fingerprint density at radius 3 is 1.57 bits per heavy atom. The van der Waals surface area contributed by atoms with Gasteiger partial charge in [0.05, 0.1) is 28.9 Å². The zero-order valence-corrected chi connectivity index (χ0v) is 29.2. The Kier molecular flexibility index (Phi) is 10.9. The predicted molar refractivity (Wildman–Crippen MR) is 199 cm³/mol. The number of β-amino-alcohol motifs (C(OH)–C–C–N with tert-alkyl or cyclic N) is 1.